The monoisotopic (exact) mass is 610 g/mol. The van der Waals surface area contributed by atoms with Crippen molar-refractivity contribution in [3.05, 3.63) is 113 Å². The van der Waals surface area contributed by atoms with Crippen LogP contribution < -0.4 is 32.1 Å². The summed E-state index contributed by atoms with van der Waals surface area (Å²) in [6, 6.07) is 12.1. The van der Waals surface area contributed by atoms with E-state index in [-0.39, 0.29) is 44.8 Å². The maximum absolute atomic E-state index is 13.3. The number of carboxylic acid groups (broad SMARTS) is 1. The van der Waals surface area contributed by atoms with Crippen molar-refractivity contribution in [3.63, 3.8) is 0 Å². The molecule has 5 N–H and O–H groups in total. The smallest absolute Gasteiger partial charge is 0.335 e. The van der Waals surface area contributed by atoms with Gasteiger partial charge in [-0.25, -0.2) is 14.2 Å². The van der Waals surface area contributed by atoms with E-state index in [0.717, 1.165) is 0 Å². The first-order chi connectivity index (χ1) is 21.6. The Labute approximate surface area is 251 Å². The fraction of sp³-hybridized carbons (Fsp3) is 0.161. The van der Waals surface area contributed by atoms with E-state index in [0.29, 0.717) is 28.3 Å². The van der Waals surface area contributed by atoms with E-state index in [1.54, 1.807) is 50.3 Å². The maximum atomic E-state index is 13.3. The van der Waals surface area contributed by atoms with Gasteiger partial charge in [0.1, 0.15) is 11.4 Å². The molecule has 5 aromatic rings. The summed E-state index contributed by atoms with van der Waals surface area (Å²) in [6.45, 7) is 2.85. The van der Waals surface area contributed by atoms with E-state index in [1.807, 2.05) is 0 Å². The lowest BCUT2D eigenvalue weighted by molar-refractivity contribution is -0.120. The normalized spacial score (nSPS) is 14.6. The number of H-pyrrole nitrogens is 3. The van der Waals surface area contributed by atoms with Crippen LogP contribution in [0.5, 0.6) is 5.75 Å². The number of nitrogens with one attached hydrogen (secondary N) is 3. The molecule has 1 aliphatic heterocycles. The predicted octanol–water partition coefficient (Wildman–Crippen LogP) is 0.871. The number of pyridine rings is 1. The van der Waals surface area contributed by atoms with Crippen LogP contribution in [0.2, 0.25) is 0 Å². The number of nitrogens with zero attached hydrogens (tertiary/aromatic N) is 3. The quantitative estimate of drug-likeness (QED) is 0.159. The third-order valence-corrected chi connectivity index (χ3v) is 7.82. The minimum absolute atomic E-state index is 0.0631. The van der Waals surface area contributed by atoms with Gasteiger partial charge >= 0.3 is 5.97 Å². The zero-order valence-corrected chi connectivity index (χ0v) is 24.0. The van der Waals surface area contributed by atoms with Crippen LogP contribution in [0.25, 0.3) is 34.1 Å². The predicted molar refractivity (Wildman–Crippen MR) is 162 cm³/mol. The van der Waals surface area contributed by atoms with Gasteiger partial charge < -0.3 is 19.9 Å². The van der Waals surface area contributed by atoms with E-state index < -0.39 is 35.7 Å². The number of rotatable bonds is 8. The van der Waals surface area contributed by atoms with E-state index >= 15 is 0 Å². The molecule has 4 heterocycles. The number of aliphatic hydroxyl groups is 1. The lowest BCUT2D eigenvalue weighted by atomic mass is 9.92. The lowest BCUT2D eigenvalue weighted by Crippen LogP contribution is -2.42. The third-order valence-electron chi connectivity index (χ3n) is 7.82. The molecule has 0 saturated carbocycles. The molecule has 2 aromatic carbocycles. The molecule has 1 aliphatic rings. The Kier molecular flexibility index (Phi) is 7.26. The standard InChI is InChI=1S/C31H26N6O8/c1-15-21(27(39)32-25-23(15)29(41)36(34-25)18-8-6-17(7-9-18)31(43)44)4-3-5-22-16(2)24-26(33-28(22)40)35-37(30(24)42)19-10-12-20(13-11-19)45-14-38/h3,5-13,21,38H,4,14H2,1-2H3,(H,43,44)(H,32,34,39)(H2,33,35,40). The van der Waals surface area contributed by atoms with Crippen LogP contribution in [0.1, 0.15) is 34.8 Å². The highest BCUT2D eigenvalue weighted by Gasteiger charge is 2.26. The molecule has 0 fully saturated rings. The van der Waals surface area contributed by atoms with Crippen LogP contribution in [0.4, 0.5) is 0 Å². The summed E-state index contributed by atoms with van der Waals surface area (Å²) in [6.07, 6.45) is 3.32. The number of carbonyl (C=O) groups is 2. The first-order valence-electron chi connectivity index (χ1n) is 13.8. The summed E-state index contributed by atoms with van der Waals surface area (Å²) >= 11 is 0. The van der Waals surface area contributed by atoms with Crippen molar-refractivity contribution in [1.29, 1.82) is 0 Å². The molecule has 6 rings (SSSR count). The molecule has 0 spiro atoms. The van der Waals surface area contributed by atoms with Crippen molar-refractivity contribution in [2.24, 2.45) is 10.9 Å². The Morgan fingerprint density at radius 1 is 0.956 bits per heavy atom. The van der Waals surface area contributed by atoms with Crippen molar-refractivity contribution in [2.45, 2.75) is 20.3 Å². The van der Waals surface area contributed by atoms with Gasteiger partial charge in [-0.2, -0.15) is 4.99 Å². The van der Waals surface area contributed by atoms with Gasteiger partial charge in [-0.3, -0.25) is 29.4 Å². The number of fused-ring (bicyclic) bond motifs is 2. The fourth-order valence-electron chi connectivity index (χ4n) is 5.45. The van der Waals surface area contributed by atoms with E-state index in [4.69, 9.17) is 14.9 Å². The number of ether oxygens (including phenoxy) is 1. The molecule has 45 heavy (non-hydrogen) atoms. The second-order valence-electron chi connectivity index (χ2n) is 10.4. The molecule has 14 nitrogen and oxygen atoms in total. The van der Waals surface area contributed by atoms with Crippen LogP contribution in [-0.4, -0.2) is 53.4 Å². The van der Waals surface area contributed by atoms with Crippen molar-refractivity contribution < 1.29 is 24.5 Å². The highest BCUT2D eigenvalue weighted by molar-refractivity contribution is 5.90. The van der Waals surface area contributed by atoms with E-state index in [9.17, 15) is 24.0 Å². The van der Waals surface area contributed by atoms with Gasteiger partial charge in [-0.05, 0) is 79.9 Å². The number of allylic oxidation sites excluding steroid dienone is 1. The number of carbonyl (C=O) groups excluding carboxylic acids is 1. The molecule has 0 aliphatic carbocycles. The molecule has 228 valence electrons. The minimum atomic E-state index is -1.10. The number of carboxylic acids is 1. The SMILES string of the molecule is CC1=c2c([nH]n(-c3ccc(C(=O)O)cc3)c2=O)=NC(=O)C1CC=Cc1c(C)c2c(=O)n(-c3ccc(OCO)cc3)[nH]c2[nH]c1=O. The second-order valence-corrected chi connectivity index (χ2v) is 10.4. The number of aromatic carboxylic acids is 1. The third kappa shape index (κ3) is 5.02. The average Bonchev–Trinajstić information content (AvgIpc) is 3.52. The summed E-state index contributed by atoms with van der Waals surface area (Å²) in [4.78, 5) is 70.6. The molecular weight excluding hydrogens is 584 g/mol. The van der Waals surface area contributed by atoms with Crippen LogP contribution in [0, 0.1) is 12.8 Å². The molecule has 0 saturated heterocycles. The van der Waals surface area contributed by atoms with Gasteiger partial charge in [0.25, 0.3) is 22.6 Å². The fourth-order valence-corrected chi connectivity index (χ4v) is 5.45. The average molecular weight is 611 g/mol. The topological polar surface area (TPSA) is 205 Å². The van der Waals surface area contributed by atoms with Crippen LogP contribution >= 0.6 is 0 Å². The number of hydrogen-bond acceptors (Lipinski definition) is 7. The summed E-state index contributed by atoms with van der Waals surface area (Å²) in [5.74, 6) is -1.90. The minimum Gasteiger partial charge on any atom is -0.478 e. The van der Waals surface area contributed by atoms with Crippen molar-refractivity contribution in [2.75, 3.05) is 6.79 Å². The Balaban J connectivity index is 1.31. The number of aryl methyl sites for hydroxylation is 1. The number of aromatic nitrogens is 5. The molecule has 0 radical (unpaired) electrons. The zero-order chi connectivity index (χ0) is 32.0. The highest BCUT2D eigenvalue weighted by Crippen LogP contribution is 2.21. The molecule has 0 bridgehead atoms. The Hall–Kier alpha value is -6.02. The van der Waals surface area contributed by atoms with Gasteiger partial charge in [0.05, 0.1) is 33.5 Å². The van der Waals surface area contributed by atoms with Crippen LogP contribution in [0.3, 0.4) is 0 Å². The molecule has 1 atom stereocenters. The van der Waals surface area contributed by atoms with Crippen LogP contribution in [0.15, 0.2) is 74.0 Å². The second kappa shape index (κ2) is 11.2. The maximum Gasteiger partial charge on any atom is 0.335 e. The molecule has 1 amide bonds. The van der Waals surface area contributed by atoms with Gasteiger partial charge in [0.15, 0.2) is 12.3 Å². The van der Waals surface area contributed by atoms with Crippen molar-refractivity contribution >= 4 is 34.6 Å². The number of amides is 1. The van der Waals surface area contributed by atoms with E-state index in [2.05, 4.69) is 20.2 Å². The first-order valence-corrected chi connectivity index (χ1v) is 13.8. The van der Waals surface area contributed by atoms with Gasteiger partial charge in [0, 0.05) is 5.56 Å². The Morgan fingerprint density at radius 3 is 2.24 bits per heavy atom. The Bertz CT molecular complexity index is 2330. The number of aromatic amines is 3. The molecule has 1 unspecified atom stereocenters. The van der Waals surface area contributed by atoms with Crippen molar-refractivity contribution in [1.82, 2.24) is 24.5 Å². The zero-order valence-electron chi connectivity index (χ0n) is 24.0. The Morgan fingerprint density at radius 2 is 1.60 bits per heavy atom. The van der Waals surface area contributed by atoms with Crippen LogP contribution in [-0.2, 0) is 4.79 Å². The number of hydrogen-bond donors (Lipinski definition) is 5. The van der Waals surface area contributed by atoms with Gasteiger partial charge in [-0.15, -0.1) is 0 Å². The number of benzene rings is 2. The van der Waals surface area contributed by atoms with E-state index in [1.165, 1.54) is 33.6 Å². The summed E-state index contributed by atoms with van der Waals surface area (Å²) < 4.78 is 7.51. The number of aliphatic hydroxyl groups excluding tert-OH is 1. The largest absolute Gasteiger partial charge is 0.478 e. The molecule has 14 heteroatoms. The van der Waals surface area contributed by atoms with Gasteiger partial charge in [-0.1, -0.05) is 12.2 Å². The summed E-state index contributed by atoms with van der Waals surface area (Å²) in [7, 11) is 0. The van der Waals surface area contributed by atoms with Crippen molar-refractivity contribution in [3.8, 4) is 17.1 Å². The summed E-state index contributed by atoms with van der Waals surface area (Å²) in [5.41, 5.74) is 1.21. The molecular formula is C31H26N6O8. The first kappa shape index (κ1) is 29.1. The highest BCUT2D eigenvalue weighted by atomic mass is 16.6. The molecule has 3 aromatic heterocycles. The van der Waals surface area contributed by atoms with Gasteiger partial charge in [0.2, 0.25) is 0 Å². The lowest BCUT2D eigenvalue weighted by Gasteiger charge is -2.13. The summed E-state index contributed by atoms with van der Waals surface area (Å²) in [5, 5.41) is 24.3.